The molecule has 0 amide bonds. The normalized spacial score (nSPS) is 33.0. The molecule has 2 aliphatic carbocycles. The molecule has 5 heteroatoms. The lowest BCUT2D eigenvalue weighted by molar-refractivity contribution is -0.199. The van der Waals surface area contributed by atoms with E-state index in [4.69, 9.17) is 13.9 Å². The minimum absolute atomic E-state index is 0.0175. The van der Waals surface area contributed by atoms with Gasteiger partial charge in [-0.3, -0.25) is 0 Å². The highest BCUT2D eigenvalue weighted by Crippen LogP contribution is 2.57. The molecule has 0 unspecified atom stereocenters. The molecule has 0 aromatic heterocycles. The topological polar surface area (TPSA) is 27.7 Å². The van der Waals surface area contributed by atoms with Gasteiger partial charge in [0.2, 0.25) is 8.32 Å². The quantitative estimate of drug-likeness (QED) is 0.539. The molecule has 24 heavy (non-hydrogen) atoms. The molecule has 1 spiro atoms. The van der Waals surface area contributed by atoms with Crippen LogP contribution in [-0.2, 0) is 13.9 Å². The van der Waals surface area contributed by atoms with Crippen LogP contribution in [0.1, 0.15) is 47.0 Å². The Morgan fingerprint density at radius 3 is 2.42 bits per heavy atom. The Morgan fingerprint density at radius 1 is 1.21 bits per heavy atom. The third kappa shape index (κ3) is 3.06. The average Bonchev–Trinajstić information content (AvgIpc) is 2.92. The predicted molar refractivity (Wildman–Crippen MR) is 103 cm³/mol. The average molecular weight is 415 g/mol. The van der Waals surface area contributed by atoms with Gasteiger partial charge in [0.1, 0.15) is 0 Å². The van der Waals surface area contributed by atoms with E-state index in [1.807, 2.05) is 0 Å². The van der Waals surface area contributed by atoms with Crippen LogP contribution in [0.5, 0.6) is 0 Å². The van der Waals surface area contributed by atoms with Gasteiger partial charge in [0.05, 0.1) is 23.5 Å². The highest BCUT2D eigenvalue weighted by Gasteiger charge is 2.54. The fourth-order valence-electron chi connectivity index (χ4n) is 3.74. The largest absolute Gasteiger partial charge is 0.545 e. The molecule has 136 valence electrons. The van der Waals surface area contributed by atoms with Crippen LogP contribution < -0.4 is 0 Å². The van der Waals surface area contributed by atoms with E-state index >= 15 is 0 Å². The van der Waals surface area contributed by atoms with Gasteiger partial charge in [0, 0.05) is 18.3 Å². The Morgan fingerprint density at radius 2 is 1.83 bits per heavy atom. The number of rotatable bonds is 2. The lowest BCUT2D eigenvalue weighted by Crippen LogP contribution is -2.49. The Balaban J connectivity index is 1.88. The molecule has 2 fully saturated rings. The molecule has 1 aliphatic heterocycles. The monoisotopic (exact) mass is 414 g/mol. The second kappa shape index (κ2) is 5.97. The lowest BCUT2D eigenvalue weighted by atomic mass is 9.63. The van der Waals surface area contributed by atoms with Gasteiger partial charge in [0.25, 0.3) is 0 Å². The second-order valence-corrected chi connectivity index (χ2v) is 14.8. The van der Waals surface area contributed by atoms with Gasteiger partial charge in [-0.1, -0.05) is 33.8 Å². The van der Waals surface area contributed by atoms with E-state index in [9.17, 15) is 0 Å². The first-order valence-corrected chi connectivity index (χ1v) is 12.7. The van der Waals surface area contributed by atoms with Crippen LogP contribution in [0, 0.1) is 11.3 Å². The molecule has 3 rings (SSSR count). The number of allylic oxidation sites excluding steroid dienone is 4. The van der Waals surface area contributed by atoms with Crippen molar-refractivity contribution < 1.29 is 13.9 Å². The van der Waals surface area contributed by atoms with Crippen LogP contribution in [0.2, 0.25) is 18.1 Å². The third-order valence-electron chi connectivity index (χ3n) is 6.56. The summed E-state index contributed by atoms with van der Waals surface area (Å²) in [5.74, 6) is 1.18. The Labute approximate surface area is 156 Å². The van der Waals surface area contributed by atoms with E-state index in [1.54, 1.807) is 0 Å². The van der Waals surface area contributed by atoms with Gasteiger partial charge >= 0.3 is 0 Å². The van der Waals surface area contributed by atoms with Crippen LogP contribution in [0.4, 0.5) is 0 Å². The van der Waals surface area contributed by atoms with Crippen molar-refractivity contribution in [3.05, 3.63) is 22.4 Å². The van der Waals surface area contributed by atoms with Gasteiger partial charge in [-0.2, -0.15) is 0 Å². The fraction of sp³-hybridized carbons (Fsp3) is 0.789. The summed E-state index contributed by atoms with van der Waals surface area (Å²) < 4.78 is 19.9. The molecule has 0 bridgehead atoms. The van der Waals surface area contributed by atoms with Gasteiger partial charge in [-0.05, 0) is 52.5 Å². The maximum atomic E-state index is 6.82. The molecule has 1 heterocycles. The molecule has 0 radical (unpaired) electrons. The summed E-state index contributed by atoms with van der Waals surface area (Å²) >= 11 is 3.77. The Bertz CT molecular complexity index is 570. The maximum Gasteiger partial charge on any atom is 0.250 e. The zero-order valence-corrected chi connectivity index (χ0v) is 18.5. The SMILES string of the molecule is CC(C)(C)[Si](C)(C)OC1=C(Br)C=C[C@@H]2CC3(CC[C@]12C)OCCO3. The van der Waals surface area contributed by atoms with Gasteiger partial charge in [-0.25, -0.2) is 0 Å². The van der Waals surface area contributed by atoms with E-state index in [2.05, 4.69) is 68.9 Å². The molecular weight excluding hydrogens is 384 g/mol. The number of fused-ring (bicyclic) bond motifs is 1. The molecule has 0 N–H and O–H groups in total. The van der Waals surface area contributed by atoms with Gasteiger partial charge < -0.3 is 13.9 Å². The summed E-state index contributed by atoms with van der Waals surface area (Å²) in [6, 6.07) is 0. The number of hydrogen-bond acceptors (Lipinski definition) is 3. The van der Waals surface area contributed by atoms with Crippen molar-refractivity contribution in [1.82, 2.24) is 0 Å². The van der Waals surface area contributed by atoms with Crippen molar-refractivity contribution in [2.24, 2.45) is 11.3 Å². The predicted octanol–water partition coefficient (Wildman–Crippen LogP) is 5.73. The zero-order chi connectivity index (χ0) is 17.8. The van der Waals surface area contributed by atoms with E-state index < -0.39 is 8.32 Å². The first-order valence-electron chi connectivity index (χ1n) is 9.05. The van der Waals surface area contributed by atoms with Crippen molar-refractivity contribution in [1.29, 1.82) is 0 Å². The number of hydrogen-bond donors (Lipinski definition) is 0. The summed E-state index contributed by atoms with van der Waals surface area (Å²) in [5, 5.41) is 0.188. The van der Waals surface area contributed by atoms with E-state index in [1.165, 1.54) is 0 Å². The number of halogens is 1. The molecular formula is C19H31BrO3Si. The second-order valence-electron chi connectivity index (χ2n) is 9.23. The molecule has 1 saturated carbocycles. The highest BCUT2D eigenvalue weighted by atomic mass is 79.9. The molecule has 3 nitrogen and oxygen atoms in total. The van der Waals surface area contributed by atoms with E-state index in [0.717, 1.165) is 42.7 Å². The van der Waals surface area contributed by atoms with Crippen LogP contribution in [0.3, 0.4) is 0 Å². The van der Waals surface area contributed by atoms with E-state index in [-0.39, 0.29) is 16.2 Å². The standard InChI is InChI=1S/C19H31BrO3Si/c1-17(2,3)24(5,6)23-16-15(20)8-7-14-13-19(21-11-12-22-19)10-9-18(14,16)4/h7-8,14H,9-13H2,1-6H3/t14-,18+/m1/s1. The molecule has 1 saturated heterocycles. The maximum absolute atomic E-state index is 6.82. The fourth-order valence-corrected chi connectivity index (χ4v) is 5.74. The van der Waals surface area contributed by atoms with Gasteiger partial charge in [-0.15, -0.1) is 0 Å². The summed E-state index contributed by atoms with van der Waals surface area (Å²) in [6.45, 7) is 15.3. The van der Waals surface area contributed by atoms with Crippen LogP contribution >= 0.6 is 15.9 Å². The Kier molecular flexibility index (Phi) is 4.64. The van der Waals surface area contributed by atoms with Crippen LogP contribution in [-0.4, -0.2) is 27.3 Å². The number of ether oxygens (including phenoxy) is 2. The van der Waals surface area contributed by atoms with Crippen molar-refractivity contribution in [2.45, 2.75) is 70.9 Å². The summed E-state index contributed by atoms with van der Waals surface area (Å²) in [6.07, 6.45) is 7.38. The molecule has 0 aromatic rings. The Hall–Kier alpha value is -0.103. The first-order chi connectivity index (χ1) is 11.0. The van der Waals surface area contributed by atoms with Crippen LogP contribution in [0.25, 0.3) is 0 Å². The van der Waals surface area contributed by atoms with Crippen molar-refractivity contribution in [3.8, 4) is 0 Å². The smallest absolute Gasteiger partial charge is 0.250 e. The minimum Gasteiger partial charge on any atom is -0.545 e. The first kappa shape index (κ1) is 18.7. The highest BCUT2D eigenvalue weighted by molar-refractivity contribution is 9.11. The molecule has 2 atom stereocenters. The summed E-state index contributed by atoms with van der Waals surface area (Å²) in [7, 11) is -1.88. The molecule has 3 aliphatic rings. The zero-order valence-electron chi connectivity index (χ0n) is 15.9. The van der Waals surface area contributed by atoms with E-state index in [0.29, 0.717) is 5.92 Å². The van der Waals surface area contributed by atoms with Crippen LogP contribution in [0.15, 0.2) is 22.4 Å². The lowest BCUT2D eigenvalue weighted by Gasteiger charge is -2.51. The summed E-state index contributed by atoms with van der Waals surface area (Å²) in [4.78, 5) is 0. The van der Waals surface area contributed by atoms with Crippen molar-refractivity contribution in [3.63, 3.8) is 0 Å². The van der Waals surface area contributed by atoms with Crippen molar-refractivity contribution in [2.75, 3.05) is 13.2 Å². The summed E-state index contributed by atoms with van der Waals surface area (Å²) in [5.41, 5.74) is 0.0175. The van der Waals surface area contributed by atoms with Crippen molar-refractivity contribution >= 4 is 24.2 Å². The molecule has 0 aromatic carbocycles. The minimum atomic E-state index is -1.88. The third-order valence-corrected chi connectivity index (χ3v) is 11.5. The van der Waals surface area contributed by atoms with Gasteiger partial charge in [0.15, 0.2) is 5.79 Å².